The maximum atomic E-state index is 17.0. The summed E-state index contributed by atoms with van der Waals surface area (Å²) in [5.74, 6) is -1.05. The molecule has 5 heterocycles. The van der Waals surface area contributed by atoms with Crippen molar-refractivity contribution < 1.29 is 76.2 Å². The van der Waals surface area contributed by atoms with Crippen LogP contribution < -0.4 is 25.0 Å². The van der Waals surface area contributed by atoms with Crippen molar-refractivity contribution in [3.8, 4) is 38.9 Å². The van der Waals surface area contributed by atoms with E-state index in [9.17, 15) is 29.4 Å². The van der Waals surface area contributed by atoms with Crippen LogP contribution in [0.3, 0.4) is 0 Å². The summed E-state index contributed by atoms with van der Waals surface area (Å²) in [5.41, 5.74) is 4.95. The molecule has 9 rings (SSSR count). The maximum Gasteiger partial charge on any atom is 0.254 e. The Bertz CT molecular complexity index is 3740. The summed E-state index contributed by atoms with van der Waals surface area (Å²) in [6, 6.07) is 18.1. The Morgan fingerprint density at radius 2 is 1.49 bits per heavy atom. The molecule has 4 N–H and O–H groups in total. The van der Waals surface area contributed by atoms with E-state index < -0.39 is 29.9 Å². The lowest BCUT2D eigenvalue weighted by molar-refractivity contribution is -0.141. The summed E-state index contributed by atoms with van der Waals surface area (Å²) < 4.78 is 67.8. The number of hydrogen-bond donors (Lipinski definition) is 4. The molecule has 2 fully saturated rings. The molecular weight excluding hydrogens is 1280 g/mol. The highest BCUT2D eigenvalue weighted by molar-refractivity contribution is 7.13. The van der Waals surface area contributed by atoms with Crippen molar-refractivity contribution in [1.82, 2.24) is 40.1 Å². The number of nitrogens with one attached hydrogen (secondary N) is 2. The van der Waals surface area contributed by atoms with Gasteiger partial charge in [-0.3, -0.25) is 19.2 Å². The number of thiazole rings is 1. The fraction of sp³-hybridized carbons (Fsp3) is 0.500. The number of halogens is 2. The largest absolute Gasteiger partial charge is 0.508 e. The summed E-state index contributed by atoms with van der Waals surface area (Å²) in [6.07, 6.45) is -0.695. The second-order valence-electron chi connectivity index (χ2n) is 23.7. The number of phenols is 1. The van der Waals surface area contributed by atoms with Crippen LogP contribution in [0.1, 0.15) is 69.5 Å². The minimum atomic E-state index is -0.905. The predicted molar refractivity (Wildman–Crippen MR) is 360 cm³/mol. The van der Waals surface area contributed by atoms with Crippen LogP contribution in [-0.2, 0) is 47.6 Å². The molecule has 96 heavy (non-hydrogen) atoms. The number of amides is 4. The lowest BCUT2D eigenvalue weighted by Crippen LogP contribution is -2.48. The van der Waals surface area contributed by atoms with Crippen molar-refractivity contribution in [3.63, 3.8) is 0 Å². The number of nitrogens with zero attached hydrogens (tertiary/aromatic N) is 8. The Labute approximate surface area is 566 Å². The van der Waals surface area contributed by atoms with E-state index in [0.717, 1.165) is 21.7 Å². The van der Waals surface area contributed by atoms with Gasteiger partial charge in [-0.25, -0.2) is 14.4 Å². The number of aryl methyl sites for hydroxylation is 1. The summed E-state index contributed by atoms with van der Waals surface area (Å²) >= 11 is 8.42. The van der Waals surface area contributed by atoms with Gasteiger partial charge in [0.1, 0.15) is 41.4 Å². The summed E-state index contributed by atoms with van der Waals surface area (Å²) in [5, 5.41) is 33.5. The number of aromatic nitrogens is 4. The zero-order chi connectivity index (χ0) is 68.3. The molecular formula is C68H86ClFN10O15S. The standard InChI is InChI=1S/C68H86ClFN10O15S/c1-42(2)60(67(86)80-40-49(83)37-55(80)66(85)73-43(3)50-13-12-47(35-56(50)87-7)64-44(4)72-41-96-64)57-39-58(76-95-57)94-33-32-93-31-30-92-29-28-91-27-26-90-25-24-89-23-22-88-21-20-77(6)59(84)14-15-71-68-74-63-53(65(75-68)79-18-16-78(17-19-79)45(5)81)38-54(69)61(62(63)70)52-36-48(82)34-46-10-8-9-11-51(46)52/h8-13,34-36,38-39,41-43,49,55,60,82-83H,14-33,37,40H2,1-7H3,(H,73,85)(H,71,74,75)/t43-,49+,55-,60+/m0/s1. The number of β-amino-alcohol motifs (C(OH)–C–C–N with tert-alkyl or cyclic N) is 1. The van der Waals surface area contributed by atoms with Crippen LogP contribution in [0.15, 0.2) is 76.8 Å². The molecule has 0 radical (unpaired) electrons. The third-order valence-corrected chi connectivity index (χ3v) is 17.9. The van der Waals surface area contributed by atoms with Crippen molar-refractivity contribution in [1.29, 1.82) is 0 Å². The number of ether oxygens (including phenoxy) is 8. The molecule has 28 heteroatoms. The van der Waals surface area contributed by atoms with Crippen LogP contribution >= 0.6 is 22.9 Å². The number of likely N-dealkylation sites (tertiary alicyclic amines) is 1. The number of carbonyl (C=O) groups excluding carboxylic acids is 4. The average Bonchev–Trinajstić information content (AvgIpc) is 0.997. The molecule has 0 saturated carbocycles. The average molecular weight is 1370 g/mol. The Hall–Kier alpha value is -7.86. The minimum Gasteiger partial charge on any atom is -0.508 e. The molecule has 7 aromatic rings. The van der Waals surface area contributed by atoms with Gasteiger partial charge in [-0.2, -0.15) is 4.98 Å². The zero-order valence-corrected chi connectivity index (χ0v) is 56.9. The van der Waals surface area contributed by atoms with Gasteiger partial charge in [0, 0.05) is 95.2 Å². The van der Waals surface area contributed by atoms with E-state index in [-0.39, 0.29) is 108 Å². The molecule has 2 aliphatic rings. The fourth-order valence-corrected chi connectivity index (χ4v) is 12.7. The monoisotopic (exact) mass is 1370 g/mol. The first kappa shape index (κ1) is 72.4. The van der Waals surface area contributed by atoms with Gasteiger partial charge < -0.3 is 82.9 Å². The van der Waals surface area contributed by atoms with E-state index in [1.165, 1.54) is 29.2 Å². The number of aliphatic hydroxyl groups excluding tert-OH is 1. The van der Waals surface area contributed by atoms with Gasteiger partial charge in [0.25, 0.3) is 5.88 Å². The normalized spacial score (nSPS) is 15.6. The molecule has 3 aromatic heterocycles. The Morgan fingerprint density at radius 1 is 0.833 bits per heavy atom. The molecule has 0 aliphatic carbocycles. The molecule has 4 atom stereocenters. The SMILES string of the molecule is COc1cc(-c2scnc2C)ccc1[C@H](C)NC(=O)[C@@H]1C[C@@H](O)CN1C(=O)[C@@H](c1cc(OCCOCCOCCOCCOCCOCCOCCN(C)C(=O)CCNc2nc(N3CCN(C(C)=O)CC3)c3cc(Cl)c(-c4cc(O)cc5ccccc45)c(F)c3n2)no1)C(C)C. The number of phenolic OH excluding ortho intramolecular Hbond substituents is 1. The third-order valence-electron chi connectivity index (χ3n) is 16.6. The number of benzene rings is 4. The molecule has 0 bridgehead atoms. The lowest BCUT2D eigenvalue weighted by atomic mass is 9.91. The highest BCUT2D eigenvalue weighted by atomic mass is 35.5. The Kier molecular flexibility index (Phi) is 26.7. The molecule has 2 saturated heterocycles. The van der Waals surface area contributed by atoms with Crippen LogP contribution in [0.2, 0.25) is 5.02 Å². The number of methoxy groups -OCH3 is 1. The van der Waals surface area contributed by atoms with Crippen molar-refractivity contribution in [2.75, 3.05) is 156 Å². The Balaban J connectivity index is 0.588. The van der Waals surface area contributed by atoms with Crippen LogP contribution in [0, 0.1) is 18.7 Å². The van der Waals surface area contributed by atoms with E-state index in [1.807, 2.05) is 75.1 Å². The third kappa shape index (κ3) is 19.0. The zero-order valence-electron chi connectivity index (χ0n) is 55.3. The van der Waals surface area contributed by atoms with E-state index in [2.05, 4.69) is 25.8 Å². The van der Waals surface area contributed by atoms with Crippen molar-refractivity contribution in [2.45, 2.75) is 71.6 Å². The smallest absolute Gasteiger partial charge is 0.254 e. The summed E-state index contributed by atoms with van der Waals surface area (Å²) in [6.45, 7) is 15.7. The van der Waals surface area contributed by atoms with Crippen LogP contribution in [0.25, 0.3) is 43.2 Å². The highest BCUT2D eigenvalue weighted by Crippen LogP contribution is 2.43. The van der Waals surface area contributed by atoms with E-state index in [1.54, 1.807) is 47.7 Å². The number of fused-ring (bicyclic) bond motifs is 2. The van der Waals surface area contributed by atoms with Crippen molar-refractivity contribution in [3.05, 3.63) is 100 Å². The molecule has 4 aromatic carbocycles. The number of rotatable bonds is 36. The number of hydrogen-bond acceptors (Lipinski definition) is 22. The second kappa shape index (κ2) is 35.4. The molecule has 4 amide bonds. The topological polar surface area (TPSA) is 284 Å². The van der Waals surface area contributed by atoms with Gasteiger partial charge in [0.15, 0.2) is 11.6 Å². The minimum absolute atomic E-state index is 0.00435. The van der Waals surface area contributed by atoms with E-state index >= 15 is 4.39 Å². The van der Waals surface area contributed by atoms with Gasteiger partial charge >= 0.3 is 0 Å². The maximum absolute atomic E-state index is 17.0. The number of anilines is 2. The van der Waals surface area contributed by atoms with Gasteiger partial charge in [-0.05, 0) is 71.1 Å². The number of likely N-dealkylation sites (N-methyl/N-ethyl adjacent to an activating group) is 1. The quantitative estimate of drug-likeness (QED) is 0.0270. The Morgan fingerprint density at radius 3 is 2.12 bits per heavy atom. The van der Waals surface area contributed by atoms with Gasteiger partial charge in [0.2, 0.25) is 29.6 Å². The second-order valence-corrected chi connectivity index (χ2v) is 24.9. The highest BCUT2D eigenvalue weighted by Gasteiger charge is 2.44. The van der Waals surface area contributed by atoms with Crippen LogP contribution in [0.5, 0.6) is 17.4 Å². The number of aliphatic hydroxyl groups is 1. The van der Waals surface area contributed by atoms with E-state index in [0.29, 0.717) is 139 Å². The van der Waals surface area contributed by atoms with Gasteiger partial charge in [-0.15, -0.1) is 11.3 Å². The molecule has 2 aliphatic heterocycles. The molecule has 25 nitrogen and oxygen atoms in total. The number of carbonyl (C=O) groups is 4. The van der Waals surface area contributed by atoms with Gasteiger partial charge in [0.05, 0.1) is 120 Å². The molecule has 518 valence electrons. The number of aromatic hydroxyl groups is 1. The molecule has 0 unspecified atom stereocenters. The fourth-order valence-electron chi connectivity index (χ4n) is 11.6. The van der Waals surface area contributed by atoms with Crippen molar-refractivity contribution >= 4 is 80.0 Å². The lowest BCUT2D eigenvalue weighted by Gasteiger charge is -2.35. The predicted octanol–water partition coefficient (Wildman–Crippen LogP) is 8.06. The summed E-state index contributed by atoms with van der Waals surface area (Å²) in [4.78, 5) is 74.8. The van der Waals surface area contributed by atoms with Gasteiger partial charge in [-0.1, -0.05) is 61.8 Å². The first-order valence-electron chi connectivity index (χ1n) is 32.2. The van der Waals surface area contributed by atoms with Crippen LogP contribution in [-0.4, -0.2) is 227 Å². The first-order chi connectivity index (χ1) is 46.4. The van der Waals surface area contributed by atoms with Crippen molar-refractivity contribution in [2.24, 2.45) is 5.92 Å². The number of piperazine rings is 1. The van der Waals surface area contributed by atoms with Crippen LogP contribution in [0.4, 0.5) is 16.2 Å². The summed E-state index contributed by atoms with van der Waals surface area (Å²) in [7, 11) is 3.27. The first-order valence-corrected chi connectivity index (χ1v) is 33.5. The molecule has 0 spiro atoms. The van der Waals surface area contributed by atoms with E-state index in [4.69, 9.17) is 59.0 Å².